The van der Waals surface area contributed by atoms with Gasteiger partial charge in [-0.2, -0.15) is 0 Å². The minimum absolute atomic E-state index is 0.0572. The van der Waals surface area contributed by atoms with E-state index in [1.807, 2.05) is 35.2 Å². The van der Waals surface area contributed by atoms with Gasteiger partial charge in [-0.25, -0.2) is 4.98 Å². The summed E-state index contributed by atoms with van der Waals surface area (Å²) in [6.45, 7) is 3.12. The first-order valence-corrected chi connectivity index (χ1v) is 9.17. The molecule has 1 N–H and O–H groups in total. The van der Waals surface area contributed by atoms with Gasteiger partial charge >= 0.3 is 0 Å². The molecule has 1 aliphatic carbocycles. The summed E-state index contributed by atoms with van der Waals surface area (Å²) in [6.07, 6.45) is 3.60. The molecule has 2 heterocycles. The van der Waals surface area contributed by atoms with E-state index in [1.54, 1.807) is 6.92 Å². The van der Waals surface area contributed by atoms with Crippen LogP contribution in [-0.2, 0) is 0 Å². The Kier molecular flexibility index (Phi) is 4.34. The van der Waals surface area contributed by atoms with Gasteiger partial charge in [0, 0.05) is 30.5 Å². The average Bonchev–Trinajstić information content (AvgIpc) is 3.40. The Bertz CT molecular complexity index is 750. The number of piperidine rings is 1. The van der Waals surface area contributed by atoms with Gasteiger partial charge in [-0.1, -0.05) is 18.2 Å². The van der Waals surface area contributed by atoms with Crippen LogP contribution in [0, 0.1) is 5.92 Å². The Hall–Kier alpha value is -2.14. The van der Waals surface area contributed by atoms with Crippen LogP contribution in [0.25, 0.3) is 11.5 Å². The SMILES string of the molecule is CC(O)C1CCCN(C(=O)c2nc(-c3ccccc3)oc2C2CC2)C1. The number of hydrogen-bond donors (Lipinski definition) is 1. The zero-order valence-electron chi connectivity index (χ0n) is 14.5. The third-order valence-electron chi connectivity index (χ3n) is 5.25. The number of rotatable bonds is 4. The summed E-state index contributed by atoms with van der Waals surface area (Å²) in [4.78, 5) is 19.5. The maximum absolute atomic E-state index is 13.1. The first-order valence-electron chi connectivity index (χ1n) is 9.17. The molecule has 2 aliphatic rings. The maximum Gasteiger partial charge on any atom is 0.276 e. The van der Waals surface area contributed by atoms with Gasteiger partial charge in [-0.3, -0.25) is 4.79 Å². The molecule has 1 saturated carbocycles. The highest BCUT2D eigenvalue weighted by Crippen LogP contribution is 2.43. The van der Waals surface area contributed by atoms with E-state index in [-0.39, 0.29) is 11.8 Å². The molecule has 5 nitrogen and oxygen atoms in total. The zero-order valence-corrected chi connectivity index (χ0v) is 14.5. The second kappa shape index (κ2) is 6.64. The lowest BCUT2D eigenvalue weighted by atomic mass is 9.93. The van der Waals surface area contributed by atoms with Crippen molar-refractivity contribution in [2.24, 2.45) is 5.92 Å². The van der Waals surface area contributed by atoms with Crippen molar-refractivity contribution in [2.45, 2.75) is 44.6 Å². The molecule has 2 aromatic rings. The number of carbonyl (C=O) groups excluding carboxylic acids is 1. The standard InChI is InChI=1S/C20H24N2O3/c1-13(23)16-8-5-11-22(12-16)20(24)17-18(14-9-10-14)25-19(21-17)15-6-3-2-4-7-15/h2-4,6-7,13-14,16,23H,5,8-12H2,1H3. The first-order chi connectivity index (χ1) is 12.1. The summed E-state index contributed by atoms with van der Waals surface area (Å²) in [7, 11) is 0. The van der Waals surface area contributed by atoms with E-state index in [4.69, 9.17) is 4.42 Å². The maximum atomic E-state index is 13.1. The van der Waals surface area contributed by atoms with E-state index in [0.717, 1.165) is 43.6 Å². The van der Waals surface area contributed by atoms with Gasteiger partial charge in [0.2, 0.25) is 5.89 Å². The smallest absolute Gasteiger partial charge is 0.276 e. The second-order valence-electron chi connectivity index (χ2n) is 7.27. The van der Waals surface area contributed by atoms with E-state index in [1.165, 1.54) is 0 Å². The van der Waals surface area contributed by atoms with E-state index in [2.05, 4.69) is 4.98 Å². The Morgan fingerprint density at radius 2 is 2.04 bits per heavy atom. The Morgan fingerprint density at radius 1 is 1.28 bits per heavy atom. The van der Waals surface area contributed by atoms with Crippen molar-refractivity contribution in [2.75, 3.05) is 13.1 Å². The highest BCUT2D eigenvalue weighted by molar-refractivity contribution is 5.94. The van der Waals surface area contributed by atoms with Gasteiger partial charge in [-0.05, 0) is 44.7 Å². The van der Waals surface area contributed by atoms with Gasteiger partial charge in [0.05, 0.1) is 6.10 Å². The monoisotopic (exact) mass is 340 g/mol. The molecule has 0 radical (unpaired) electrons. The number of aliphatic hydroxyl groups is 1. The van der Waals surface area contributed by atoms with Crippen LogP contribution in [-0.4, -0.2) is 40.1 Å². The molecule has 1 amide bonds. The minimum Gasteiger partial charge on any atom is -0.440 e. The average molecular weight is 340 g/mol. The number of likely N-dealkylation sites (tertiary alicyclic amines) is 1. The van der Waals surface area contributed by atoms with E-state index >= 15 is 0 Å². The van der Waals surface area contributed by atoms with Gasteiger partial charge in [0.25, 0.3) is 5.91 Å². The van der Waals surface area contributed by atoms with Gasteiger partial charge in [0.15, 0.2) is 5.69 Å². The summed E-state index contributed by atoms with van der Waals surface area (Å²) in [6, 6.07) is 9.72. The highest BCUT2D eigenvalue weighted by atomic mass is 16.4. The van der Waals surface area contributed by atoms with Gasteiger partial charge in [-0.15, -0.1) is 0 Å². The van der Waals surface area contributed by atoms with Crippen molar-refractivity contribution >= 4 is 5.91 Å². The van der Waals surface area contributed by atoms with Crippen LogP contribution in [0.5, 0.6) is 0 Å². The van der Waals surface area contributed by atoms with Crippen LogP contribution in [0.4, 0.5) is 0 Å². The quantitative estimate of drug-likeness (QED) is 0.926. The molecular formula is C20H24N2O3. The Morgan fingerprint density at radius 3 is 2.72 bits per heavy atom. The molecule has 0 bridgehead atoms. The fourth-order valence-electron chi connectivity index (χ4n) is 3.55. The normalized spacial score (nSPS) is 22.0. The number of nitrogens with zero attached hydrogens (tertiary/aromatic N) is 2. The number of carbonyl (C=O) groups is 1. The molecule has 1 saturated heterocycles. The summed E-state index contributed by atoms with van der Waals surface area (Å²) >= 11 is 0. The highest BCUT2D eigenvalue weighted by Gasteiger charge is 2.37. The second-order valence-corrected chi connectivity index (χ2v) is 7.27. The molecule has 2 fully saturated rings. The van der Waals surface area contributed by atoms with Crippen molar-refractivity contribution in [3.8, 4) is 11.5 Å². The van der Waals surface area contributed by atoms with Crippen LogP contribution < -0.4 is 0 Å². The third kappa shape index (κ3) is 3.33. The van der Waals surface area contributed by atoms with E-state index in [0.29, 0.717) is 24.0 Å². The summed E-state index contributed by atoms with van der Waals surface area (Å²) in [5, 5.41) is 9.88. The lowest BCUT2D eigenvalue weighted by Gasteiger charge is -2.33. The molecule has 1 aliphatic heterocycles. The number of amides is 1. The summed E-state index contributed by atoms with van der Waals surface area (Å²) in [5.41, 5.74) is 1.36. The number of hydrogen-bond acceptors (Lipinski definition) is 4. The van der Waals surface area contributed by atoms with Crippen molar-refractivity contribution in [3.63, 3.8) is 0 Å². The largest absolute Gasteiger partial charge is 0.440 e. The Balaban J connectivity index is 1.62. The van der Waals surface area contributed by atoms with Crippen LogP contribution in [0.2, 0.25) is 0 Å². The van der Waals surface area contributed by atoms with Crippen molar-refractivity contribution in [3.05, 3.63) is 41.8 Å². The van der Waals surface area contributed by atoms with Crippen LogP contribution in [0.15, 0.2) is 34.7 Å². The van der Waals surface area contributed by atoms with Crippen LogP contribution in [0.3, 0.4) is 0 Å². The number of oxazole rings is 1. The molecule has 132 valence electrons. The number of aliphatic hydroxyl groups excluding tert-OH is 1. The molecule has 1 aromatic carbocycles. The summed E-state index contributed by atoms with van der Waals surface area (Å²) in [5.74, 6) is 1.67. The molecule has 0 spiro atoms. The van der Waals surface area contributed by atoms with Crippen molar-refractivity contribution < 1.29 is 14.3 Å². The lowest BCUT2D eigenvalue weighted by Crippen LogP contribution is -2.43. The van der Waals surface area contributed by atoms with E-state index < -0.39 is 6.10 Å². The fourth-order valence-corrected chi connectivity index (χ4v) is 3.55. The van der Waals surface area contributed by atoms with Crippen LogP contribution >= 0.6 is 0 Å². The van der Waals surface area contributed by atoms with Gasteiger partial charge < -0.3 is 14.4 Å². The molecule has 4 rings (SSSR count). The zero-order chi connectivity index (χ0) is 17.4. The molecular weight excluding hydrogens is 316 g/mol. The minimum atomic E-state index is -0.393. The molecule has 5 heteroatoms. The lowest BCUT2D eigenvalue weighted by molar-refractivity contribution is 0.0460. The van der Waals surface area contributed by atoms with Crippen LogP contribution in [0.1, 0.15) is 54.8 Å². The van der Waals surface area contributed by atoms with E-state index in [9.17, 15) is 9.90 Å². The third-order valence-corrected chi connectivity index (χ3v) is 5.25. The van der Waals surface area contributed by atoms with Crippen molar-refractivity contribution in [1.82, 2.24) is 9.88 Å². The fraction of sp³-hybridized carbons (Fsp3) is 0.500. The van der Waals surface area contributed by atoms with Gasteiger partial charge in [0.1, 0.15) is 5.76 Å². The molecule has 1 aromatic heterocycles. The molecule has 25 heavy (non-hydrogen) atoms. The predicted octanol–water partition coefficient (Wildman–Crippen LogP) is 3.45. The summed E-state index contributed by atoms with van der Waals surface area (Å²) < 4.78 is 6.00. The Labute approximate surface area is 147 Å². The topological polar surface area (TPSA) is 66.6 Å². The number of benzene rings is 1. The molecule has 2 atom stereocenters. The predicted molar refractivity (Wildman–Crippen MR) is 94.2 cm³/mol. The number of aromatic nitrogens is 1. The first kappa shape index (κ1) is 16.3. The molecule has 2 unspecified atom stereocenters. The van der Waals surface area contributed by atoms with Crippen molar-refractivity contribution in [1.29, 1.82) is 0 Å².